The van der Waals surface area contributed by atoms with Gasteiger partial charge >= 0.3 is 0 Å². The first-order valence-corrected chi connectivity index (χ1v) is 5.90. The largest absolute Gasteiger partial charge is 0.385 e. The molecule has 1 aromatic carbocycles. The lowest BCUT2D eigenvalue weighted by Crippen LogP contribution is -2.02. The number of nitrogens with one attached hydrogen (secondary N) is 1. The lowest BCUT2D eigenvalue weighted by molar-refractivity contribution is 0.784. The number of hydrogen-bond donors (Lipinski definition) is 1. The molecule has 1 rings (SSSR count). The van der Waals surface area contributed by atoms with E-state index in [0.717, 1.165) is 23.9 Å². The Bertz CT molecular complexity index is 355. The van der Waals surface area contributed by atoms with Crippen LogP contribution in [0.25, 0.3) is 0 Å². The Balaban J connectivity index is 2.35. The summed E-state index contributed by atoms with van der Waals surface area (Å²) in [6.45, 7) is 3.02. The number of nitriles is 1. The number of halogens is 1. The molecule has 15 heavy (non-hydrogen) atoms. The van der Waals surface area contributed by atoms with E-state index in [-0.39, 0.29) is 0 Å². The van der Waals surface area contributed by atoms with E-state index in [4.69, 9.17) is 5.26 Å². The minimum Gasteiger partial charge on any atom is -0.385 e. The van der Waals surface area contributed by atoms with Gasteiger partial charge in [-0.2, -0.15) is 5.26 Å². The summed E-state index contributed by atoms with van der Waals surface area (Å²) in [6.07, 6.45) is 2.67. The molecule has 0 aliphatic heterocycles. The van der Waals surface area contributed by atoms with Crippen molar-refractivity contribution in [3.63, 3.8) is 0 Å². The van der Waals surface area contributed by atoms with Crippen molar-refractivity contribution in [1.82, 2.24) is 0 Å². The standard InChI is InChI=1S/C12H15BrN2/c1-10-9-11(13)5-6-12(10)15-8-4-2-3-7-14/h5-6,9,15H,2-4,8H2,1H3. The molecule has 0 amide bonds. The summed E-state index contributed by atoms with van der Waals surface area (Å²) in [5.41, 5.74) is 2.42. The van der Waals surface area contributed by atoms with Crippen LogP contribution >= 0.6 is 15.9 Å². The van der Waals surface area contributed by atoms with Gasteiger partial charge in [0, 0.05) is 23.1 Å². The van der Waals surface area contributed by atoms with Crippen molar-refractivity contribution in [1.29, 1.82) is 5.26 Å². The van der Waals surface area contributed by atoms with Crippen molar-refractivity contribution in [3.05, 3.63) is 28.2 Å². The van der Waals surface area contributed by atoms with Crippen LogP contribution in [0.15, 0.2) is 22.7 Å². The van der Waals surface area contributed by atoms with E-state index in [1.807, 2.05) is 6.07 Å². The van der Waals surface area contributed by atoms with E-state index in [0.29, 0.717) is 6.42 Å². The predicted molar refractivity (Wildman–Crippen MR) is 66.8 cm³/mol. The van der Waals surface area contributed by atoms with Crippen molar-refractivity contribution in [2.24, 2.45) is 0 Å². The van der Waals surface area contributed by atoms with E-state index < -0.39 is 0 Å². The number of hydrogen-bond acceptors (Lipinski definition) is 2. The highest BCUT2D eigenvalue weighted by Gasteiger charge is 1.97. The van der Waals surface area contributed by atoms with Gasteiger partial charge in [0.1, 0.15) is 0 Å². The van der Waals surface area contributed by atoms with E-state index >= 15 is 0 Å². The molecule has 0 aliphatic rings. The van der Waals surface area contributed by atoms with Crippen molar-refractivity contribution in [2.45, 2.75) is 26.2 Å². The molecule has 1 aromatic rings. The third-order valence-corrected chi connectivity index (χ3v) is 2.71. The summed E-state index contributed by atoms with van der Waals surface area (Å²) in [7, 11) is 0. The molecule has 0 aromatic heterocycles. The summed E-state index contributed by atoms with van der Waals surface area (Å²) < 4.78 is 1.11. The van der Waals surface area contributed by atoms with Crippen LogP contribution in [-0.4, -0.2) is 6.54 Å². The smallest absolute Gasteiger partial charge is 0.0621 e. The highest BCUT2D eigenvalue weighted by atomic mass is 79.9. The summed E-state index contributed by atoms with van der Waals surface area (Å²) in [6, 6.07) is 8.35. The van der Waals surface area contributed by atoms with E-state index in [9.17, 15) is 0 Å². The topological polar surface area (TPSA) is 35.8 Å². The zero-order chi connectivity index (χ0) is 11.1. The first kappa shape index (κ1) is 12.1. The van der Waals surface area contributed by atoms with Crippen LogP contribution in [0.1, 0.15) is 24.8 Å². The number of benzene rings is 1. The van der Waals surface area contributed by atoms with E-state index in [2.05, 4.69) is 46.4 Å². The molecule has 0 atom stereocenters. The number of nitrogens with zero attached hydrogens (tertiary/aromatic N) is 1. The lowest BCUT2D eigenvalue weighted by atomic mass is 10.2. The maximum atomic E-state index is 8.38. The SMILES string of the molecule is Cc1cc(Br)ccc1NCCCCC#N. The number of aryl methyl sites for hydroxylation is 1. The van der Waals surface area contributed by atoms with Gasteiger partial charge in [-0.05, 0) is 43.5 Å². The van der Waals surface area contributed by atoms with E-state index in [1.54, 1.807) is 0 Å². The minimum atomic E-state index is 0.654. The van der Waals surface area contributed by atoms with Crippen molar-refractivity contribution >= 4 is 21.6 Å². The van der Waals surface area contributed by atoms with E-state index in [1.165, 1.54) is 11.3 Å². The first-order valence-electron chi connectivity index (χ1n) is 5.11. The molecular formula is C12H15BrN2. The van der Waals surface area contributed by atoms with Gasteiger partial charge in [0.05, 0.1) is 6.07 Å². The Morgan fingerprint density at radius 1 is 1.40 bits per heavy atom. The second kappa shape index (κ2) is 6.47. The Labute approximate surface area is 99.4 Å². The fourth-order valence-electron chi connectivity index (χ4n) is 1.38. The third kappa shape index (κ3) is 4.35. The second-order valence-corrected chi connectivity index (χ2v) is 4.42. The molecule has 0 saturated carbocycles. The maximum absolute atomic E-state index is 8.38. The maximum Gasteiger partial charge on any atom is 0.0621 e. The van der Waals surface area contributed by atoms with Crippen LogP contribution < -0.4 is 5.32 Å². The molecule has 0 radical (unpaired) electrons. The van der Waals surface area contributed by atoms with Crippen LogP contribution in [0.2, 0.25) is 0 Å². The van der Waals surface area contributed by atoms with Gasteiger partial charge in [-0.3, -0.25) is 0 Å². The molecule has 0 bridgehead atoms. The molecule has 0 fully saturated rings. The van der Waals surface area contributed by atoms with Crippen molar-refractivity contribution in [2.75, 3.05) is 11.9 Å². The Morgan fingerprint density at radius 2 is 2.20 bits per heavy atom. The highest BCUT2D eigenvalue weighted by molar-refractivity contribution is 9.10. The van der Waals surface area contributed by atoms with Crippen LogP contribution in [0.5, 0.6) is 0 Å². The quantitative estimate of drug-likeness (QED) is 0.822. The Hall–Kier alpha value is -1.01. The molecule has 0 saturated heterocycles. The Morgan fingerprint density at radius 3 is 2.87 bits per heavy atom. The van der Waals surface area contributed by atoms with Gasteiger partial charge < -0.3 is 5.32 Å². The molecular weight excluding hydrogens is 252 g/mol. The predicted octanol–water partition coefficient (Wildman–Crippen LogP) is 3.86. The minimum absolute atomic E-state index is 0.654. The monoisotopic (exact) mass is 266 g/mol. The summed E-state index contributed by atoms with van der Waals surface area (Å²) in [4.78, 5) is 0. The molecule has 0 unspecified atom stereocenters. The first-order chi connectivity index (χ1) is 7.24. The fraction of sp³-hybridized carbons (Fsp3) is 0.417. The lowest BCUT2D eigenvalue weighted by Gasteiger charge is -2.09. The zero-order valence-electron chi connectivity index (χ0n) is 8.89. The molecule has 0 spiro atoms. The van der Waals surface area contributed by atoms with Crippen molar-refractivity contribution in [3.8, 4) is 6.07 Å². The van der Waals surface area contributed by atoms with Gasteiger partial charge in [0.2, 0.25) is 0 Å². The molecule has 1 N–H and O–H groups in total. The fourth-order valence-corrected chi connectivity index (χ4v) is 1.85. The van der Waals surface area contributed by atoms with Gasteiger partial charge in [0.15, 0.2) is 0 Å². The summed E-state index contributed by atoms with van der Waals surface area (Å²) in [5, 5.41) is 11.8. The molecule has 0 aliphatic carbocycles. The number of anilines is 1. The molecule has 2 nitrogen and oxygen atoms in total. The van der Waals surface area contributed by atoms with Crippen LogP contribution in [-0.2, 0) is 0 Å². The number of rotatable bonds is 5. The average molecular weight is 267 g/mol. The summed E-state index contributed by atoms with van der Waals surface area (Å²) in [5.74, 6) is 0. The van der Waals surface area contributed by atoms with Gasteiger partial charge in [0.25, 0.3) is 0 Å². The van der Waals surface area contributed by atoms with Gasteiger partial charge in [-0.1, -0.05) is 15.9 Å². The molecule has 0 heterocycles. The Kier molecular flexibility index (Phi) is 5.20. The van der Waals surface area contributed by atoms with Crippen LogP contribution in [0.4, 0.5) is 5.69 Å². The van der Waals surface area contributed by atoms with Gasteiger partial charge in [-0.15, -0.1) is 0 Å². The average Bonchev–Trinajstić information content (AvgIpc) is 2.20. The number of unbranched alkanes of at least 4 members (excludes halogenated alkanes) is 2. The summed E-state index contributed by atoms with van der Waals surface area (Å²) >= 11 is 3.43. The zero-order valence-corrected chi connectivity index (χ0v) is 10.5. The van der Waals surface area contributed by atoms with Crippen molar-refractivity contribution < 1.29 is 0 Å². The van der Waals surface area contributed by atoms with Gasteiger partial charge in [-0.25, -0.2) is 0 Å². The van der Waals surface area contributed by atoms with Crippen LogP contribution in [0.3, 0.4) is 0 Å². The molecule has 3 heteroatoms. The normalized spacial score (nSPS) is 9.67. The van der Waals surface area contributed by atoms with Crippen LogP contribution in [0, 0.1) is 18.3 Å². The molecule has 80 valence electrons. The second-order valence-electron chi connectivity index (χ2n) is 3.50. The highest BCUT2D eigenvalue weighted by Crippen LogP contribution is 2.19. The third-order valence-electron chi connectivity index (χ3n) is 2.22.